The van der Waals surface area contributed by atoms with E-state index in [1.54, 1.807) is 0 Å². The Morgan fingerprint density at radius 2 is 2.12 bits per heavy atom. The van der Waals surface area contributed by atoms with Crippen LogP contribution in [0, 0.1) is 0 Å². The van der Waals surface area contributed by atoms with Crippen molar-refractivity contribution in [2.45, 2.75) is 6.92 Å². The second-order valence-corrected chi connectivity index (χ2v) is 2.78. The summed E-state index contributed by atoms with van der Waals surface area (Å²) in [6, 6.07) is 0. The van der Waals surface area contributed by atoms with Gasteiger partial charge in [-0.3, -0.25) is 0 Å². The number of ether oxygens (including phenoxy) is 3. The van der Waals surface area contributed by atoms with Gasteiger partial charge in [0.2, 0.25) is 5.88 Å². The molecule has 1 heterocycles. The monoisotopic (exact) mass is 226 g/mol. The highest BCUT2D eigenvalue weighted by Gasteiger charge is 2.07. The second-order valence-electron chi connectivity index (χ2n) is 2.78. The standard InChI is InChI=1S/C10H14N2O4/c1-3-15-4-5-16-9-7-11-8(6-12-9)10(13)14-2/h6-7H,3-5H2,1-2H3. The molecule has 0 aromatic carbocycles. The minimum atomic E-state index is -0.520. The van der Waals surface area contributed by atoms with Crippen LogP contribution in [0.3, 0.4) is 0 Å². The van der Waals surface area contributed by atoms with Crippen molar-refractivity contribution in [2.75, 3.05) is 26.9 Å². The van der Waals surface area contributed by atoms with Crippen molar-refractivity contribution >= 4 is 5.97 Å². The number of nitrogens with zero attached hydrogens (tertiary/aromatic N) is 2. The third kappa shape index (κ3) is 3.82. The van der Waals surface area contributed by atoms with E-state index in [4.69, 9.17) is 9.47 Å². The molecule has 16 heavy (non-hydrogen) atoms. The molecule has 6 nitrogen and oxygen atoms in total. The summed E-state index contributed by atoms with van der Waals surface area (Å²) >= 11 is 0. The molecule has 0 saturated heterocycles. The van der Waals surface area contributed by atoms with E-state index in [2.05, 4.69) is 14.7 Å². The highest BCUT2D eigenvalue weighted by molar-refractivity contribution is 5.86. The van der Waals surface area contributed by atoms with E-state index >= 15 is 0 Å². The fraction of sp³-hybridized carbons (Fsp3) is 0.500. The SMILES string of the molecule is CCOCCOc1cnc(C(=O)OC)cn1. The Hall–Kier alpha value is -1.69. The summed E-state index contributed by atoms with van der Waals surface area (Å²) < 4.78 is 14.8. The molecule has 0 bridgehead atoms. The van der Waals surface area contributed by atoms with Crippen molar-refractivity contribution in [1.29, 1.82) is 0 Å². The van der Waals surface area contributed by atoms with Crippen LogP contribution < -0.4 is 4.74 Å². The maximum absolute atomic E-state index is 11.0. The van der Waals surface area contributed by atoms with E-state index < -0.39 is 5.97 Å². The molecule has 0 aliphatic rings. The van der Waals surface area contributed by atoms with Crippen LogP contribution in [0.25, 0.3) is 0 Å². The van der Waals surface area contributed by atoms with Crippen LogP contribution in [-0.4, -0.2) is 42.9 Å². The van der Waals surface area contributed by atoms with Gasteiger partial charge < -0.3 is 14.2 Å². The van der Waals surface area contributed by atoms with Crippen molar-refractivity contribution in [3.05, 3.63) is 18.1 Å². The largest absolute Gasteiger partial charge is 0.474 e. The molecule has 0 aliphatic heterocycles. The predicted octanol–water partition coefficient (Wildman–Crippen LogP) is 0.678. The first-order chi connectivity index (χ1) is 7.77. The lowest BCUT2D eigenvalue weighted by Gasteiger charge is -2.04. The van der Waals surface area contributed by atoms with Crippen molar-refractivity contribution in [3.8, 4) is 5.88 Å². The molecule has 6 heteroatoms. The molecule has 0 spiro atoms. The van der Waals surface area contributed by atoms with Crippen LogP contribution in [0.4, 0.5) is 0 Å². The average Bonchev–Trinajstić information content (AvgIpc) is 2.34. The second kappa shape index (κ2) is 6.73. The Morgan fingerprint density at radius 3 is 2.69 bits per heavy atom. The van der Waals surface area contributed by atoms with E-state index in [0.717, 1.165) is 0 Å². The zero-order chi connectivity index (χ0) is 11.8. The van der Waals surface area contributed by atoms with Gasteiger partial charge in [0, 0.05) is 6.61 Å². The number of methoxy groups -OCH3 is 1. The van der Waals surface area contributed by atoms with Crippen molar-refractivity contribution in [2.24, 2.45) is 0 Å². The Balaban J connectivity index is 2.42. The summed E-state index contributed by atoms with van der Waals surface area (Å²) in [4.78, 5) is 18.8. The molecule has 0 unspecified atom stereocenters. The minimum Gasteiger partial charge on any atom is -0.474 e. The number of rotatable bonds is 6. The van der Waals surface area contributed by atoms with Gasteiger partial charge in [-0.05, 0) is 6.92 Å². The third-order valence-electron chi connectivity index (χ3n) is 1.70. The first-order valence-electron chi connectivity index (χ1n) is 4.88. The minimum absolute atomic E-state index is 0.152. The van der Waals surface area contributed by atoms with E-state index in [1.165, 1.54) is 19.5 Å². The lowest BCUT2D eigenvalue weighted by molar-refractivity contribution is 0.0593. The highest BCUT2D eigenvalue weighted by Crippen LogP contribution is 2.04. The quantitative estimate of drug-likeness (QED) is 0.524. The molecule has 0 aliphatic carbocycles. The van der Waals surface area contributed by atoms with Gasteiger partial charge in [0.15, 0.2) is 5.69 Å². The van der Waals surface area contributed by atoms with Crippen LogP contribution in [0.15, 0.2) is 12.4 Å². The van der Waals surface area contributed by atoms with Crippen LogP contribution in [0.2, 0.25) is 0 Å². The van der Waals surface area contributed by atoms with Gasteiger partial charge in [-0.1, -0.05) is 0 Å². The zero-order valence-electron chi connectivity index (χ0n) is 9.30. The van der Waals surface area contributed by atoms with Gasteiger partial charge in [0.1, 0.15) is 6.61 Å². The first-order valence-corrected chi connectivity index (χ1v) is 4.88. The lowest BCUT2D eigenvalue weighted by atomic mass is 10.4. The number of esters is 1. The molecule has 1 aromatic rings. The maximum atomic E-state index is 11.0. The predicted molar refractivity (Wildman–Crippen MR) is 55.4 cm³/mol. The van der Waals surface area contributed by atoms with Gasteiger partial charge in [0.25, 0.3) is 0 Å². The Bertz CT molecular complexity index is 326. The van der Waals surface area contributed by atoms with Crippen molar-refractivity contribution in [1.82, 2.24) is 9.97 Å². The molecule has 1 aromatic heterocycles. The molecular formula is C10H14N2O4. The first kappa shape index (κ1) is 12.4. The highest BCUT2D eigenvalue weighted by atomic mass is 16.5. The van der Waals surface area contributed by atoms with Crippen molar-refractivity contribution in [3.63, 3.8) is 0 Å². The van der Waals surface area contributed by atoms with E-state index in [1.807, 2.05) is 6.92 Å². The summed E-state index contributed by atoms with van der Waals surface area (Å²) in [5.41, 5.74) is 0.152. The Kier molecular flexibility index (Phi) is 5.21. The smallest absolute Gasteiger partial charge is 0.358 e. The molecule has 0 amide bonds. The van der Waals surface area contributed by atoms with E-state index in [0.29, 0.717) is 25.7 Å². The lowest BCUT2D eigenvalue weighted by Crippen LogP contribution is -2.09. The third-order valence-corrected chi connectivity index (χ3v) is 1.70. The van der Waals surface area contributed by atoms with Crippen LogP contribution in [-0.2, 0) is 9.47 Å². The number of hydrogen-bond donors (Lipinski definition) is 0. The van der Waals surface area contributed by atoms with E-state index in [9.17, 15) is 4.79 Å². The Morgan fingerprint density at radius 1 is 1.31 bits per heavy atom. The number of carbonyl (C=O) groups excluding carboxylic acids is 1. The fourth-order valence-corrected chi connectivity index (χ4v) is 0.950. The fourth-order valence-electron chi connectivity index (χ4n) is 0.950. The molecule has 0 fully saturated rings. The summed E-state index contributed by atoms with van der Waals surface area (Å²) in [6.07, 6.45) is 2.68. The van der Waals surface area contributed by atoms with E-state index in [-0.39, 0.29) is 5.69 Å². The number of hydrogen-bond acceptors (Lipinski definition) is 6. The molecule has 0 atom stereocenters. The van der Waals surface area contributed by atoms with Gasteiger partial charge in [-0.15, -0.1) is 0 Å². The maximum Gasteiger partial charge on any atom is 0.358 e. The summed E-state index contributed by atoms with van der Waals surface area (Å²) in [7, 11) is 1.29. The zero-order valence-corrected chi connectivity index (χ0v) is 9.30. The van der Waals surface area contributed by atoms with Crippen LogP contribution >= 0.6 is 0 Å². The number of aromatic nitrogens is 2. The Labute approximate surface area is 93.6 Å². The summed E-state index contributed by atoms with van der Waals surface area (Å²) in [6.45, 7) is 3.46. The molecule has 0 N–H and O–H groups in total. The normalized spacial score (nSPS) is 9.88. The molecule has 0 saturated carbocycles. The van der Waals surface area contributed by atoms with Gasteiger partial charge >= 0.3 is 5.97 Å². The molecule has 1 rings (SSSR count). The summed E-state index contributed by atoms with van der Waals surface area (Å²) in [5.74, 6) is -0.166. The van der Waals surface area contributed by atoms with Gasteiger partial charge in [0.05, 0.1) is 26.1 Å². The van der Waals surface area contributed by atoms with Gasteiger partial charge in [-0.2, -0.15) is 0 Å². The van der Waals surface area contributed by atoms with Crippen LogP contribution in [0.1, 0.15) is 17.4 Å². The number of carbonyl (C=O) groups is 1. The average molecular weight is 226 g/mol. The van der Waals surface area contributed by atoms with Gasteiger partial charge in [-0.25, -0.2) is 14.8 Å². The summed E-state index contributed by atoms with van der Waals surface area (Å²) in [5, 5.41) is 0. The molecular weight excluding hydrogens is 212 g/mol. The van der Waals surface area contributed by atoms with Crippen molar-refractivity contribution < 1.29 is 19.0 Å². The van der Waals surface area contributed by atoms with Crippen LogP contribution in [0.5, 0.6) is 5.88 Å². The molecule has 0 radical (unpaired) electrons. The molecule has 88 valence electrons. The topological polar surface area (TPSA) is 70.5 Å².